The van der Waals surface area contributed by atoms with Crippen molar-refractivity contribution in [3.05, 3.63) is 23.8 Å². The van der Waals surface area contributed by atoms with E-state index in [9.17, 15) is 14.7 Å². The Bertz CT molecular complexity index is 617. The number of aromatic amines is 1. The van der Waals surface area contributed by atoms with Crippen molar-refractivity contribution in [2.24, 2.45) is 11.5 Å². The maximum atomic E-state index is 11.3. The average molecular weight is 234 g/mol. The minimum absolute atomic E-state index is 0.00287. The van der Waals surface area contributed by atoms with Crippen LogP contribution in [0.4, 0.5) is 10.6 Å². The van der Waals surface area contributed by atoms with E-state index in [1.165, 1.54) is 6.07 Å². The lowest BCUT2D eigenvalue weighted by atomic mass is 10.1. The molecule has 0 spiro atoms. The second-order valence-corrected chi connectivity index (χ2v) is 3.43. The molecule has 0 saturated carbocycles. The number of phenolic OH excluding ortho intramolecular Hbond substituents is 1. The molecule has 0 unspecified atom stereocenters. The molecule has 0 aliphatic rings. The quantitative estimate of drug-likeness (QED) is 0.516. The maximum Gasteiger partial charge on any atom is 0.317 e. The zero-order valence-electron chi connectivity index (χ0n) is 8.65. The van der Waals surface area contributed by atoms with Crippen LogP contribution in [0.25, 0.3) is 10.9 Å². The number of aromatic hydroxyl groups is 1. The van der Waals surface area contributed by atoms with Gasteiger partial charge in [0.25, 0.3) is 5.91 Å². The zero-order chi connectivity index (χ0) is 12.6. The van der Waals surface area contributed by atoms with Crippen molar-refractivity contribution in [3.63, 3.8) is 0 Å². The lowest BCUT2D eigenvalue weighted by Gasteiger charge is -2.01. The van der Waals surface area contributed by atoms with Crippen LogP contribution in [0.5, 0.6) is 5.75 Å². The number of primary amides is 2. The Balaban J connectivity index is 2.76. The minimum Gasteiger partial charge on any atom is -0.507 e. The monoisotopic (exact) mass is 234 g/mol. The van der Waals surface area contributed by atoms with Crippen LogP contribution in [0.3, 0.4) is 0 Å². The number of anilines is 1. The van der Waals surface area contributed by atoms with Crippen LogP contribution in [-0.2, 0) is 0 Å². The van der Waals surface area contributed by atoms with E-state index in [0.717, 1.165) is 0 Å². The highest BCUT2D eigenvalue weighted by Crippen LogP contribution is 2.32. The summed E-state index contributed by atoms with van der Waals surface area (Å²) in [5.74, 6) is -0.812. The van der Waals surface area contributed by atoms with Crippen LogP contribution >= 0.6 is 0 Å². The predicted molar refractivity (Wildman–Crippen MR) is 61.7 cm³/mol. The number of H-pyrrole nitrogens is 1. The van der Waals surface area contributed by atoms with Crippen molar-refractivity contribution in [2.75, 3.05) is 5.32 Å². The lowest BCUT2D eigenvalue weighted by molar-refractivity contribution is 0.100. The number of carbonyl (C=O) groups is 2. The van der Waals surface area contributed by atoms with Crippen LogP contribution in [0.2, 0.25) is 0 Å². The summed E-state index contributed by atoms with van der Waals surface area (Å²) in [4.78, 5) is 24.9. The van der Waals surface area contributed by atoms with Gasteiger partial charge in [-0.2, -0.15) is 0 Å². The van der Waals surface area contributed by atoms with Crippen molar-refractivity contribution in [2.45, 2.75) is 0 Å². The van der Waals surface area contributed by atoms with Crippen LogP contribution in [0, 0.1) is 0 Å². The van der Waals surface area contributed by atoms with Gasteiger partial charge in [0.2, 0.25) is 0 Å². The highest BCUT2D eigenvalue weighted by molar-refractivity contribution is 6.14. The fourth-order valence-corrected chi connectivity index (χ4v) is 1.69. The Labute approximate surface area is 95.4 Å². The predicted octanol–water partition coefficient (Wildman–Crippen LogP) is 0.463. The number of amides is 3. The largest absolute Gasteiger partial charge is 0.507 e. The van der Waals surface area contributed by atoms with Gasteiger partial charge >= 0.3 is 6.03 Å². The molecule has 0 atom stereocenters. The molecule has 0 aliphatic heterocycles. The van der Waals surface area contributed by atoms with Gasteiger partial charge in [-0.3, -0.25) is 10.1 Å². The van der Waals surface area contributed by atoms with E-state index in [-0.39, 0.29) is 22.5 Å². The fraction of sp³-hybridized carbons (Fsp3) is 0. The van der Waals surface area contributed by atoms with Gasteiger partial charge in [0.15, 0.2) is 0 Å². The van der Waals surface area contributed by atoms with E-state index in [1.54, 1.807) is 12.1 Å². The van der Waals surface area contributed by atoms with E-state index >= 15 is 0 Å². The third kappa shape index (κ3) is 1.73. The molecule has 2 rings (SSSR count). The molecule has 0 bridgehead atoms. The van der Waals surface area contributed by atoms with Crippen LogP contribution in [-0.4, -0.2) is 22.0 Å². The first-order valence-corrected chi connectivity index (χ1v) is 4.70. The molecule has 7 heteroatoms. The number of nitrogens with two attached hydrogens (primary N) is 2. The summed E-state index contributed by atoms with van der Waals surface area (Å²) in [6, 6.07) is 3.80. The van der Waals surface area contributed by atoms with E-state index < -0.39 is 11.9 Å². The number of urea groups is 1. The Morgan fingerprint density at radius 3 is 2.59 bits per heavy atom. The minimum atomic E-state index is -0.835. The smallest absolute Gasteiger partial charge is 0.317 e. The van der Waals surface area contributed by atoms with Gasteiger partial charge in [-0.1, -0.05) is 6.07 Å². The number of benzene rings is 1. The molecule has 7 nitrogen and oxygen atoms in total. The molecule has 7 N–H and O–H groups in total. The van der Waals surface area contributed by atoms with Crippen molar-refractivity contribution >= 4 is 28.7 Å². The van der Waals surface area contributed by atoms with Crippen LogP contribution in [0.1, 0.15) is 10.4 Å². The molecule has 2 aromatic rings. The SMILES string of the molecule is NC(=O)Nc1[nH]c2cccc(O)c2c1C(N)=O. The average Bonchev–Trinajstić information content (AvgIpc) is 2.56. The molecule has 3 amide bonds. The summed E-state index contributed by atoms with van der Waals surface area (Å²) in [5, 5.41) is 12.2. The highest BCUT2D eigenvalue weighted by atomic mass is 16.3. The van der Waals surface area contributed by atoms with Crippen molar-refractivity contribution in [3.8, 4) is 5.75 Å². The Hall–Kier alpha value is -2.70. The Morgan fingerprint density at radius 2 is 2.00 bits per heavy atom. The summed E-state index contributed by atoms with van der Waals surface area (Å²) in [5.41, 5.74) is 10.6. The molecule has 0 aliphatic carbocycles. The van der Waals surface area contributed by atoms with Crippen molar-refractivity contribution < 1.29 is 14.7 Å². The van der Waals surface area contributed by atoms with Gasteiger partial charge in [-0.25, -0.2) is 4.79 Å². The summed E-state index contributed by atoms with van der Waals surface area (Å²) in [6.45, 7) is 0. The molecule has 1 aromatic heterocycles. The summed E-state index contributed by atoms with van der Waals surface area (Å²) < 4.78 is 0. The highest BCUT2D eigenvalue weighted by Gasteiger charge is 2.19. The molecule has 88 valence electrons. The summed E-state index contributed by atoms with van der Waals surface area (Å²) >= 11 is 0. The molecule has 17 heavy (non-hydrogen) atoms. The number of phenols is 1. The fourth-order valence-electron chi connectivity index (χ4n) is 1.69. The van der Waals surface area contributed by atoms with Gasteiger partial charge in [-0.15, -0.1) is 0 Å². The van der Waals surface area contributed by atoms with Gasteiger partial charge in [0.1, 0.15) is 11.6 Å². The standard InChI is InChI=1S/C10H10N4O3/c11-8(16)7-6-4(2-1-3-5(6)15)13-9(7)14-10(12)17/h1-3,13,15H,(H2,11,16)(H3,12,14,17). The molecule has 1 heterocycles. The van der Waals surface area contributed by atoms with Crippen LogP contribution in [0.15, 0.2) is 18.2 Å². The van der Waals surface area contributed by atoms with E-state index in [1.807, 2.05) is 0 Å². The second kappa shape index (κ2) is 3.71. The number of rotatable bonds is 2. The van der Waals surface area contributed by atoms with E-state index in [4.69, 9.17) is 11.5 Å². The van der Waals surface area contributed by atoms with E-state index in [0.29, 0.717) is 5.52 Å². The molecular weight excluding hydrogens is 224 g/mol. The van der Waals surface area contributed by atoms with Gasteiger partial charge in [0, 0.05) is 0 Å². The van der Waals surface area contributed by atoms with Gasteiger partial charge < -0.3 is 21.6 Å². The van der Waals surface area contributed by atoms with Gasteiger partial charge in [-0.05, 0) is 12.1 Å². The number of carbonyl (C=O) groups excluding carboxylic acids is 2. The topological polar surface area (TPSA) is 134 Å². The number of fused-ring (bicyclic) bond motifs is 1. The number of hydrogen-bond donors (Lipinski definition) is 5. The Kier molecular flexibility index (Phi) is 2.36. The summed E-state index contributed by atoms with van der Waals surface area (Å²) in [6.07, 6.45) is 0. The first kappa shape index (κ1) is 10.8. The van der Waals surface area contributed by atoms with Crippen molar-refractivity contribution in [1.29, 1.82) is 0 Å². The van der Waals surface area contributed by atoms with Crippen molar-refractivity contribution in [1.82, 2.24) is 4.98 Å². The number of aromatic nitrogens is 1. The maximum absolute atomic E-state index is 11.3. The molecular formula is C10H10N4O3. The second-order valence-electron chi connectivity index (χ2n) is 3.43. The molecule has 1 aromatic carbocycles. The zero-order valence-corrected chi connectivity index (χ0v) is 8.65. The third-order valence-electron chi connectivity index (χ3n) is 2.30. The molecule has 0 saturated heterocycles. The summed E-state index contributed by atoms with van der Waals surface area (Å²) in [7, 11) is 0. The Morgan fingerprint density at radius 1 is 1.29 bits per heavy atom. The lowest BCUT2D eigenvalue weighted by Crippen LogP contribution is -2.22. The van der Waals surface area contributed by atoms with Gasteiger partial charge in [0.05, 0.1) is 16.5 Å². The number of hydrogen-bond acceptors (Lipinski definition) is 3. The third-order valence-corrected chi connectivity index (χ3v) is 2.30. The van der Waals surface area contributed by atoms with E-state index in [2.05, 4.69) is 10.3 Å². The molecule has 0 fully saturated rings. The first-order chi connectivity index (χ1) is 8.00. The first-order valence-electron chi connectivity index (χ1n) is 4.70. The number of nitrogens with one attached hydrogen (secondary N) is 2. The normalized spacial score (nSPS) is 10.4. The molecule has 0 radical (unpaired) electrons. The van der Waals surface area contributed by atoms with Crippen LogP contribution < -0.4 is 16.8 Å².